The van der Waals surface area contributed by atoms with Gasteiger partial charge in [0.05, 0.1) is 6.10 Å². The molecule has 0 aliphatic rings. The highest BCUT2D eigenvalue weighted by Crippen LogP contribution is 2.25. The van der Waals surface area contributed by atoms with E-state index in [9.17, 15) is 23.4 Å². The van der Waals surface area contributed by atoms with Gasteiger partial charge in [-0.15, -0.1) is 0 Å². The van der Waals surface area contributed by atoms with Crippen LogP contribution in [0.15, 0.2) is 18.2 Å². The summed E-state index contributed by atoms with van der Waals surface area (Å²) in [4.78, 5) is 11.0. The normalized spacial score (nSPS) is 12.9. The van der Waals surface area contributed by atoms with Gasteiger partial charge >= 0.3 is 16.4 Å². The Balaban J connectivity index is 2.45. The topological polar surface area (TPSA) is 141 Å². The summed E-state index contributed by atoms with van der Waals surface area (Å²) in [5.74, 6) is -1.81. The van der Waals surface area contributed by atoms with Crippen molar-refractivity contribution < 1.29 is 37.3 Å². The SMILES string of the molecule is O=C(CCC(O)Cc1ccc(O)c(O)c1)OS(=O)(=O)O. The van der Waals surface area contributed by atoms with Crippen LogP contribution in [0.2, 0.25) is 0 Å². The number of rotatable bonds is 6. The molecule has 0 saturated carbocycles. The Kier molecular flexibility index (Phi) is 5.31. The number of carbonyl (C=O) groups is 1. The molecule has 0 bridgehead atoms. The molecule has 0 fully saturated rings. The second-order valence-corrected chi connectivity index (χ2v) is 5.12. The second-order valence-electron chi connectivity index (χ2n) is 4.10. The van der Waals surface area contributed by atoms with Gasteiger partial charge in [0.15, 0.2) is 11.5 Å². The monoisotopic (exact) mass is 306 g/mol. The van der Waals surface area contributed by atoms with E-state index in [1.807, 2.05) is 0 Å². The first-order chi connectivity index (χ1) is 9.17. The number of hydrogen-bond donors (Lipinski definition) is 4. The van der Waals surface area contributed by atoms with Crippen LogP contribution in [0.1, 0.15) is 18.4 Å². The van der Waals surface area contributed by atoms with Crippen LogP contribution in [0, 0.1) is 0 Å². The average Bonchev–Trinajstić information content (AvgIpc) is 2.29. The van der Waals surface area contributed by atoms with E-state index in [0.29, 0.717) is 5.56 Å². The summed E-state index contributed by atoms with van der Waals surface area (Å²) in [6.45, 7) is 0. The van der Waals surface area contributed by atoms with Crippen molar-refractivity contribution >= 4 is 16.4 Å². The van der Waals surface area contributed by atoms with E-state index >= 15 is 0 Å². The molecule has 1 aromatic carbocycles. The fourth-order valence-corrected chi connectivity index (χ4v) is 1.83. The third kappa shape index (κ3) is 5.87. The fourth-order valence-electron chi connectivity index (χ4n) is 1.51. The van der Waals surface area contributed by atoms with Gasteiger partial charge < -0.3 is 19.5 Å². The van der Waals surface area contributed by atoms with E-state index in [-0.39, 0.29) is 24.3 Å². The van der Waals surface area contributed by atoms with Crippen LogP contribution in [0.4, 0.5) is 0 Å². The molecule has 112 valence electrons. The van der Waals surface area contributed by atoms with Crippen molar-refractivity contribution in [1.82, 2.24) is 0 Å². The number of aliphatic hydroxyl groups is 1. The molecular weight excluding hydrogens is 292 g/mol. The van der Waals surface area contributed by atoms with Gasteiger partial charge in [-0.1, -0.05) is 6.07 Å². The molecule has 8 nitrogen and oxygen atoms in total. The Labute approximate surface area is 115 Å². The molecular formula is C11H14O8S. The molecule has 0 radical (unpaired) electrons. The summed E-state index contributed by atoms with van der Waals surface area (Å²) in [5, 5.41) is 28.0. The first kappa shape index (κ1) is 16.2. The predicted octanol–water partition coefficient (Wildman–Crippen LogP) is 0.127. The van der Waals surface area contributed by atoms with Crippen LogP contribution in [0.3, 0.4) is 0 Å². The molecule has 0 amide bonds. The zero-order chi connectivity index (χ0) is 15.3. The van der Waals surface area contributed by atoms with E-state index in [0.717, 1.165) is 0 Å². The smallest absolute Gasteiger partial charge is 0.448 e. The lowest BCUT2D eigenvalue weighted by atomic mass is 10.0. The number of carbonyl (C=O) groups excluding carboxylic acids is 1. The summed E-state index contributed by atoms with van der Waals surface area (Å²) >= 11 is 0. The molecule has 0 aliphatic carbocycles. The molecule has 9 heteroatoms. The van der Waals surface area contributed by atoms with E-state index in [4.69, 9.17) is 9.66 Å². The molecule has 4 N–H and O–H groups in total. The maximum Gasteiger partial charge on any atom is 0.448 e. The van der Waals surface area contributed by atoms with E-state index in [1.54, 1.807) is 0 Å². The number of aliphatic hydroxyl groups excluding tert-OH is 1. The Hall–Kier alpha value is -1.84. The zero-order valence-electron chi connectivity index (χ0n) is 10.3. The lowest BCUT2D eigenvalue weighted by molar-refractivity contribution is -0.135. The van der Waals surface area contributed by atoms with Crippen molar-refractivity contribution in [3.8, 4) is 11.5 Å². The van der Waals surface area contributed by atoms with Crippen LogP contribution in [0.25, 0.3) is 0 Å². The van der Waals surface area contributed by atoms with Gasteiger partial charge in [0.25, 0.3) is 0 Å². The van der Waals surface area contributed by atoms with E-state index < -0.39 is 28.9 Å². The largest absolute Gasteiger partial charge is 0.504 e. The minimum atomic E-state index is -4.83. The summed E-state index contributed by atoms with van der Waals surface area (Å²) in [6.07, 6.45) is -1.37. The Bertz CT molecular complexity index is 580. The standard InChI is InChI=1S/C11H14O8S/c12-8(2-4-11(15)19-20(16,17)18)5-7-1-3-9(13)10(14)6-7/h1,3,6,8,12-14H,2,4-5H2,(H,16,17,18). The fraction of sp³-hybridized carbons (Fsp3) is 0.364. The van der Waals surface area contributed by atoms with Crippen molar-refractivity contribution in [2.45, 2.75) is 25.4 Å². The predicted molar refractivity (Wildman–Crippen MR) is 66.4 cm³/mol. The Morgan fingerprint density at radius 3 is 2.45 bits per heavy atom. The molecule has 1 unspecified atom stereocenters. The highest BCUT2D eigenvalue weighted by atomic mass is 32.3. The highest BCUT2D eigenvalue weighted by molar-refractivity contribution is 7.81. The number of phenolic OH excluding ortho intramolecular Hbond substituents is 2. The minimum Gasteiger partial charge on any atom is -0.504 e. The summed E-state index contributed by atoms with van der Waals surface area (Å²) < 4.78 is 32.4. The Morgan fingerprint density at radius 1 is 1.25 bits per heavy atom. The van der Waals surface area contributed by atoms with Gasteiger partial charge in [0.2, 0.25) is 0 Å². The molecule has 1 rings (SSSR count). The van der Waals surface area contributed by atoms with Crippen molar-refractivity contribution in [1.29, 1.82) is 0 Å². The average molecular weight is 306 g/mol. The third-order valence-electron chi connectivity index (χ3n) is 2.39. The second kappa shape index (κ2) is 6.55. The van der Waals surface area contributed by atoms with Gasteiger partial charge in [0, 0.05) is 6.42 Å². The number of aromatic hydroxyl groups is 2. The van der Waals surface area contributed by atoms with Crippen molar-refractivity contribution in [3.63, 3.8) is 0 Å². The Morgan fingerprint density at radius 2 is 1.90 bits per heavy atom. The molecule has 0 saturated heterocycles. The van der Waals surface area contributed by atoms with Crippen LogP contribution >= 0.6 is 0 Å². The maximum atomic E-state index is 11.0. The molecule has 1 atom stereocenters. The van der Waals surface area contributed by atoms with Gasteiger partial charge in [-0.2, -0.15) is 8.42 Å². The maximum absolute atomic E-state index is 11.0. The molecule has 1 aromatic rings. The number of phenols is 2. The summed E-state index contributed by atoms with van der Waals surface area (Å²) in [5.41, 5.74) is 0.524. The molecule has 0 aromatic heterocycles. The van der Waals surface area contributed by atoms with Gasteiger partial charge in [-0.3, -0.25) is 9.35 Å². The van der Waals surface area contributed by atoms with Crippen molar-refractivity contribution in [3.05, 3.63) is 23.8 Å². The lowest BCUT2D eigenvalue weighted by Crippen LogP contribution is -2.16. The van der Waals surface area contributed by atoms with Crippen LogP contribution in [-0.2, 0) is 25.8 Å². The zero-order valence-corrected chi connectivity index (χ0v) is 11.1. The summed E-state index contributed by atoms with van der Waals surface area (Å²) in [7, 11) is -4.83. The van der Waals surface area contributed by atoms with Crippen LogP contribution in [0.5, 0.6) is 11.5 Å². The van der Waals surface area contributed by atoms with Gasteiger partial charge in [-0.25, -0.2) is 0 Å². The molecule has 0 heterocycles. The van der Waals surface area contributed by atoms with Crippen LogP contribution in [-0.4, -0.2) is 40.4 Å². The molecule has 20 heavy (non-hydrogen) atoms. The number of hydrogen-bond acceptors (Lipinski definition) is 7. The molecule has 0 aliphatic heterocycles. The highest BCUT2D eigenvalue weighted by Gasteiger charge is 2.15. The third-order valence-corrected chi connectivity index (χ3v) is 2.79. The van der Waals surface area contributed by atoms with Gasteiger partial charge in [-0.05, 0) is 30.5 Å². The first-order valence-corrected chi connectivity index (χ1v) is 6.92. The summed E-state index contributed by atoms with van der Waals surface area (Å²) in [6, 6.07) is 3.99. The lowest BCUT2D eigenvalue weighted by Gasteiger charge is -2.10. The van der Waals surface area contributed by atoms with Gasteiger partial charge in [0.1, 0.15) is 0 Å². The first-order valence-electron chi connectivity index (χ1n) is 5.56. The van der Waals surface area contributed by atoms with Crippen molar-refractivity contribution in [2.24, 2.45) is 0 Å². The molecule has 0 spiro atoms. The van der Waals surface area contributed by atoms with Crippen LogP contribution < -0.4 is 0 Å². The van der Waals surface area contributed by atoms with Crippen molar-refractivity contribution in [2.75, 3.05) is 0 Å². The van der Waals surface area contributed by atoms with E-state index in [2.05, 4.69) is 4.18 Å². The minimum absolute atomic E-state index is 0.0873. The number of benzene rings is 1. The van der Waals surface area contributed by atoms with E-state index in [1.165, 1.54) is 18.2 Å². The quantitative estimate of drug-likeness (QED) is 0.429.